The highest BCUT2D eigenvalue weighted by atomic mass is 14.8. The molecule has 0 aromatic carbocycles. The van der Waals surface area contributed by atoms with Crippen LogP contribution in [0.3, 0.4) is 0 Å². The van der Waals surface area contributed by atoms with Gasteiger partial charge in [0, 0.05) is 44.2 Å². The predicted octanol–water partition coefficient (Wildman–Crippen LogP) is 3.86. The number of rotatable bonds is 3. The lowest BCUT2D eigenvalue weighted by atomic mass is 10.0. The van der Waals surface area contributed by atoms with Crippen LogP contribution in [0.4, 0.5) is 0 Å². The third-order valence-corrected chi connectivity index (χ3v) is 8.89. The van der Waals surface area contributed by atoms with Crippen LogP contribution in [0.2, 0.25) is 0 Å². The summed E-state index contributed by atoms with van der Waals surface area (Å²) in [5, 5.41) is 4.96. The standard InChI is InChI=1S/C32H38N4/c1-8-20-16(4)25-13-27-18(6)22(10-3)31(35-27)24-12-11-23-19(7)28(36-32(23)24)15-30-21(9-2)17(5)26(34-30)14-29(20)33-25/h13-15,33-36H,8-12H2,1-7H3. The zero-order chi connectivity index (χ0) is 25.3. The lowest BCUT2D eigenvalue weighted by molar-refractivity contribution is 1.03. The van der Waals surface area contributed by atoms with Gasteiger partial charge in [0.15, 0.2) is 0 Å². The second-order valence-corrected chi connectivity index (χ2v) is 10.6. The lowest BCUT2D eigenvalue weighted by Crippen LogP contribution is -2.14. The summed E-state index contributed by atoms with van der Waals surface area (Å²) in [6, 6.07) is 0. The average molecular weight is 479 g/mol. The molecule has 0 radical (unpaired) electrons. The Morgan fingerprint density at radius 2 is 1.17 bits per heavy atom. The average Bonchev–Trinajstić information content (AvgIpc) is 3.62. The van der Waals surface area contributed by atoms with Gasteiger partial charge in [0.1, 0.15) is 0 Å². The molecule has 186 valence electrons. The summed E-state index contributed by atoms with van der Waals surface area (Å²) < 4.78 is 0. The van der Waals surface area contributed by atoms with E-state index in [0.717, 1.165) is 32.1 Å². The first-order chi connectivity index (χ1) is 17.4. The number of fused-ring (bicyclic) bond motifs is 8. The van der Waals surface area contributed by atoms with Crippen LogP contribution in [0.15, 0.2) is 0 Å². The summed E-state index contributed by atoms with van der Waals surface area (Å²) in [7, 11) is 0. The van der Waals surface area contributed by atoms with Crippen molar-refractivity contribution < 1.29 is 0 Å². The topological polar surface area (TPSA) is 63.2 Å². The van der Waals surface area contributed by atoms with Crippen LogP contribution in [0.25, 0.3) is 23.8 Å². The molecule has 1 aliphatic carbocycles. The number of aromatic amines is 4. The molecule has 4 N–H and O–H groups in total. The fraction of sp³-hybridized carbons (Fsp3) is 0.375. The van der Waals surface area contributed by atoms with Gasteiger partial charge in [-0.2, -0.15) is 0 Å². The van der Waals surface area contributed by atoms with Crippen LogP contribution < -0.4 is 21.4 Å². The van der Waals surface area contributed by atoms with E-state index in [1.54, 1.807) is 0 Å². The molecule has 0 atom stereocenters. The highest BCUT2D eigenvalue weighted by molar-refractivity contribution is 5.73. The van der Waals surface area contributed by atoms with Gasteiger partial charge in [-0.1, -0.05) is 20.8 Å². The number of H-pyrrole nitrogens is 4. The summed E-state index contributed by atoms with van der Waals surface area (Å²) in [6.45, 7) is 15.9. The molecule has 1 aliphatic heterocycles. The van der Waals surface area contributed by atoms with E-state index < -0.39 is 0 Å². The molecular formula is C32H38N4. The Hall–Kier alpha value is -3.40. The van der Waals surface area contributed by atoms with Gasteiger partial charge in [0.25, 0.3) is 0 Å². The predicted molar refractivity (Wildman–Crippen MR) is 150 cm³/mol. The molecule has 4 nitrogen and oxygen atoms in total. The molecule has 36 heavy (non-hydrogen) atoms. The summed E-state index contributed by atoms with van der Waals surface area (Å²) in [6.07, 6.45) is 12.2. The Labute approximate surface area is 213 Å². The number of nitrogens with one attached hydrogen (secondary N) is 4. The number of hydrogen-bond donors (Lipinski definition) is 4. The fourth-order valence-corrected chi connectivity index (χ4v) is 6.73. The van der Waals surface area contributed by atoms with E-state index in [-0.39, 0.29) is 0 Å². The first-order valence-corrected chi connectivity index (χ1v) is 13.6. The van der Waals surface area contributed by atoms with Crippen molar-refractivity contribution in [1.29, 1.82) is 0 Å². The normalized spacial score (nSPS) is 14.1. The summed E-state index contributed by atoms with van der Waals surface area (Å²) >= 11 is 0. The van der Waals surface area contributed by atoms with E-state index in [2.05, 4.69) is 86.6 Å². The molecule has 0 spiro atoms. The van der Waals surface area contributed by atoms with Crippen molar-refractivity contribution in [3.8, 4) is 0 Å². The van der Waals surface area contributed by atoms with Crippen LogP contribution in [-0.2, 0) is 25.7 Å². The monoisotopic (exact) mass is 478 g/mol. The molecule has 0 saturated heterocycles. The Morgan fingerprint density at radius 3 is 1.89 bits per heavy atom. The van der Waals surface area contributed by atoms with E-state index in [1.807, 2.05) is 0 Å². The Morgan fingerprint density at radius 1 is 0.556 bits per heavy atom. The van der Waals surface area contributed by atoms with Crippen LogP contribution in [0.5, 0.6) is 0 Å². The SMILES string of the molecule is CCc1c2[nH]c(c1C)C=c1[nH]c(c(C)c1CC)=Cc1[nH]c(c(CC)c1C)C1=c3[nH]c(c(C)c3CC1)=C2. The smallest absolute Gasteiger partial charge is 0.0474 e. The molecule has 6 rings (SSSR count). The highest BCUT2D eigenvalue weighted by Gasteiger charge is 2.23. The Balaban J connectivity index is 1.79. The zero-order valence-electron chi connectivity index (χ0n) is 22.8. The third kappa shape index (κ3) is 3.20. The Kier molecular flexibility index (Phi) is 5.33. The zero-order valence-corrected chi connectivity index (χ0v) is 22.8. The maximum absolute atomic E-state index is 3.87. The molecule has 4 heteroatoms. The van der Waals surface area contributed by atoms with Crippen molar-refractivity contribution in [2.45, 2.75) is 80.6 Å². The van der Waals surface area contributed by atoms with Gasteiger partial charge in [-0.05, 0) is 128 Å². The van der Waals surface area contributed by atoms with Crippen LogP contribution >= 0.6 is 0 Å². The van der Waals surface area contributed by atoms with Gasteiger partial charge >= 0.3 is 0 Å². The van der Waals surface area contributed by atoms with Crippen molar-refractivity contribution in [2.24, 2.45) is 0 Å². The second-order valence-electron chi connectivity index (χ2n) is 10.6. The van der Waals surface area contributed by atoms with E-state index in [4.69, 9.17) is 0 Å². The maximum atomic E-state index is 3.87. The number of aromatic nitrogens is 4. The molecule has 4 aromatic heterocycles. The van der Waals surface area contributed by atoms with Gasteiger partial charge in [-0.15, -0.1) is 0 Å². The molecule has 0 unspecified atom stereocenters. The van der Waals surface area contributed by atoms with Crippen LogP contribution in [0, 0.1) is 27.7 Å². The molecular weight excluding hydrogens is 440 g/mol. The summed E-state index contributed by atoms with van der Waals surface area (Å²) in [5.41, 5.74) is 17.5. The van der Waals surface area contributed by atoms with Gasteiger partial charge < -0.3 is 19.9 Å². The van der Waals surface area contributed by atoms with Gasteiger partial charge in [0.05, 0.1) is 0 Å². The number of hydrogen-bond acceptors (Lipinski definition) is 0. The maximum Gasteiger partial charge on any atom is 0.0474 e. The van der Waals surface area contributed by atoms with Crippen LogP contribution in [-0.4, -0.2) is 19.9 Å². The quantitative estimate of drug-likeness (QED) is 0.346. The Bertz CT molecular complexity index is 1780. The second kappa shape index (κ2) is 8.33. The summed E-state index contributed by atoms with van der Waals surface area (Å²) in [5.74, 6) is 0. The van der Waals surface area contributed by atoms with Crippen molar-refractivity contribution in [1.82, 2.24) is 19.9 Å². The first-order valence-electron chi connectivity index (χ1n) is 13.6. The molecule has 0 saturated carbocycles. The summed E-state index contributed by atoms with van der Waals surface area (Å²) in [4.78, 5) is 15.3. The largest absolute Gasteiger partial charge is 0.355 e. The highest BCUT2D eigenvalue weighted by Crippen LogP contribution is 2.30. The lowest BCUT2D eigenvalue weighted by Gasteiger charge is -2.04. The van der Waals surface area contributed by atoms with Crippen LogP contribution in [0.1, 0.15) is 94.5 Å². The fourth-order valence-electron chi connectivity index (χ4n) is 6.73. The van der Waals surface area contributed by atoms with Crippen molar-refractivity contribution in [3.05, 3.63) is 88.7 Å². The minimum absolute atomic E-state index is 1.00. The van der Waals surface area contributed by atoms with Gasteiger partial charge in [0.2, 0.25) is 0 Å². The minimum Gasteiger partial charge on any atom is -0.355 e. The molecule has 0 amide bonds. The van der Waals surface area contributed by atoms with Gasteiger partial charge in [-0.25, -0.2) is 0 Å². The first kappa shape index (κ1) is 23.0. The van der Waals surface area contributed by atoms with E-state index in [1.165, 1.54) is 94.3 Å². The minimum atomic E-state index is 1.00. The van der Waals surface area contributed by atoms with Gasteiger partial charge in [-0.3, -0.25) is 0 Å². The van der Waals surface area contributed by atoms with Crippen molar-refractivity contribution >= 4 is 23.8 Å². The molecule has 8 bridgehead atoms. The van der Waals surface area contributed by atoms with E-state index in [0.29, 0.717) is 0 Å². The third-order valence-electron chi connectivity index (χ3n) is 8.89. The molecule has 0 fully saturated rings. The molecule has 2 aliphatic rings. The van der Waals surface area contributed by atoms with E-state index >= 15 is 0 Å². The molecule has 4 aromatic rings. The van der Waals surface area contributed by atoms with Crippen molar-refractivity contribution in [3.63, 3.8) is 0 Å². The van der Waals surface area contributed by atoms with E-state index in [9.17, 15) is 0 Å². The molecule has 5 heterocycles. The van der Waals surface area contributed by atoms with Crippen molar-refractivity contribution in [2.75, 3.05) is 0 Å².